The molecule has 0 atom stereocenters. The molecule has 21 valence electrons. The van der Waals surface area contributed by atoms with Crippen molar-refractivity contribution >= 4 is 28.0 Å². The van der Waals surface area contributed by atoms with Crippen LogP contribution in [0.2, 0.25) is 0 Å². The van der Waals surface area contributed by atoms with Gasteiger partial charge >= 0.3 is 0 Å². The standard InChI is InChI=1S/Fe.Li.HOP/c;;1-2/h;;2H. The summed E-state index contributed by atoms with van der Waals surface area (Å²) in [6.45, 7) is 0. The quantitative estimate of drug-likeness (QED) is 0.319. The predicted molar refractivity (Wildman–Crippen MR) is 14.8 cm³/mol. The zero-order valence-corrected chi connectivity index (χ0v) is 4.37. The molecule has 0 N–H and O–H groups in total. The molecule has 0 bridgehead atoms. The van der Waals surface area contributed by atoms with Gasteiger partial charge in [-0.25, -0.2) is 0 Å². The minimum absolute atomic E-state index is 0. The van der Waals surface area contributed by atoms with Crippen molar-refractivity contribution in [2.24, 2.45) is 0 Å². The van der Waals surface area contributed by atoms with Gasteiger partial charge in [0.15, 0.2) is 0 Å². The fourth-order valence-electron chi connectivity index (χ4n) is 0. The normalized spacial score (nSPS) is 1.00. The van der Waals surface area contributed by atoms with Crippen LogP contribution < -0.4 is 0 Å². The van der Waals surface area contributed by atoms with Gasteiger partial charge in [-0.05, 0) is 0 Å². The van der Waals surface area contributed by atoms with E-state index in [-0.39, 0.29) is 35.9 Å². The third-order valence-electron chi connectivity index (χ3n) is 0. The predicted octanol–water partition coefficient (Wildman–Crippen LogP) is 0.0914. The molecule has 0 saturated carbocycles. The average molecular weight is 111 g/mol. The van der Waals surface area contributed by atoms with Crippen LogP contribution >= 0.6 is 9.12 Å². The van der Waals surface area contributed by atoms with E-state index in [1.54, 1.807) is 9.12 Å². The first-order chi connectivity index (χ1) is 1.00. The molecule has 0 spiro atoms. The maximum Gasteiger partial charge on any atom is 0.138 e. The molecular weight excluding hydrogens is 110 g/mol. The van der Waals surface area contributed by atoms with Crippen molar-refractivity contribution in [3.05, 3.63) is 0 Å². The largest absolute Gasteiger partial charge is 0.279 e. The molecule has 0 unspecified atom stereocenters. The molecule has 4 heavy (non-hydrogen) atoms. The average Bonchev–Trinajstić information content (AvgIpc) is 1.00. The molecule has 1 nitrogen and oxygen atoms in total. The van der Waals surface area contributed by atoms with Gasteiger partial charge in [-0.15, -0.1) is 0 Å². The van der Waals surface area contributed by atoms with Crippen LogP contribution in [0.25, 0.3) is 0 Å². The molecule has 4 heteroatoms. The van der Waals surface area contributed by atoms with E-state index in [1.807, 2.05) is 0 Å². The van der Waals surface area contributed by atoms with E-state index in [1.165, 1.54) is 0 Å². The fraction of sp³-hybridized carbons (Fsp3) is 0. The molecule has 0 rings (SSSR count). The summed E-state index contributed by atoms with van der Waals surface area (Å²) in [5, 5.41) is 0. The maximum absolute atomic E-state index is 8.06. The number of rotatable bonds is 0. The Balaban J connectivity index is -0.00000000500. The van der Waals surface area contributed by atoms with Crippen molar-refractivity contribution in [2.75, 3.05) is 0 Å². The maximum atomic E-state index is 8.06. The third kappa shape index (κ3) is 10.7. The molecule has 0 aromatic heterocycles. The molecule has 0 aromatic carbocycles. The Labute approximate surface area is 49.8 Å². The van der Waals surface area contributed by atoms with Gasteiger partial charge in [0.05, 0.1) is 0 Å². The summed E-state index contributed by atoms with van der Waals surface area (Å²) < 4.78 is 8.06. The van der Waals surface area contributed by atoms with Crippen LogP contribution in [0.1, 0.15) is 0 Å². The van der Waals surface area contributed by atoms with E-state index in [4.69, 9.17) is 4.57 Å². The van der Waals surface area contributed by atoms with Crippen LogP contribution in [0.4, 0.5) is 0 Å². The van der Waals surface area contributed by atoms with Gasteiger partial charge in [0.1, 0.15) is 9.12 Å². The minimum atomic E-state index is 0. The summed E-state index contributed by atoms with van der Waals surface area (Å²) in [7, 11) is 1.72. The van der Waals surface area contributed by atoms with Gasteiger partial charge in [0.25, 0.3) is 0 Å². The third-order valence-corrected chi connectivity index (χ3v) is 0. The summed E-state index contributed by atoms with van der Waals surface area (Å²) in [4.78, 5) is 0. The summed E-state index contributed by atoms with van der Waals surface area (Å²) in [6, 6.07) is 0. The van der Waals surface area contributed by atoms with E-state index in [0.29, 0.717) is 0 Å². The monoisotopic (exact) mass is 111 g/mol. The first kappa shape index (κ1) is 18.9. The first-order valence-corrected chi connectivity index (χ1v) is 0.612. The van der Waals surface area contributed by atoms with E-state index in [2.05, 4.69) is 0 Å². The molecule has 0 aromatic rings. The summed E-state index contributed by atoms with van der Waals surface area (Å²) in [5.74, 6) is 0. The van der Waals surface area contributed by atoms with Crippen molar-refractivity contribution in [2.45, 2.75) is 0 Å². The molecule has 0 aliphatic heterocycles. The van der Waals surface area contributed by atoms with Gasteiger partial charge in [-0.3, -0.25) is 4.57 Å². The smallest absolute Gasteiger partial charge is 0.138 e. The Hall–Kier alpha value is 1.22. The Bertz CT molecular complexity index is 8.00. The Morgan fingerprint density at radius 3 is 1.25 bits per heavy atom. The van der Waals surface area contributed by atoms with Crippen molar-refractivity contribution in [3.8, 4) is 0 Å². The van der Waals surface area contributed by atoms with E-state index in [9.17, 15) is 0 Å². The van der Waals surface area contributed by atoms with Gasteiger partial charge in [-0.1, -0.05) is 0 Å². The van der Waals surface area contributed by atoms with Crippen LogP contribution in [0.15, 0.2) is 0 Å². The number of hydrogen-bond acceptors (Lipinski definition) is 1. The van der Waals surface area contributed by atoms with E-state index < -0.39 is 0 Å². The van der Waals surface area contributed by atoms with Gasteiger partial charge in [0.2, 0.25) is 0 Å². The topological polar surface area (TPSA) is 17.1 Å². The molecule has 0 aliphatic carbocycles. The molecular formula is HFeLiOP. The van der Waals surface area contributed by atoms with Crippen molar-refractivity contribution in [3.63, 3.8) is 0 Å². The van der Waals surface area contributed by atoms with Crippen molar-refractivity contribution < 1.29 is 21.6 Å². The minimum Gasteiger partial charge on any atom is -0.279 e. The van der Waals surface area contributed by atoms with Crippen LogP contribution in [0.3, 0.4) is 0 Å². The van der Waals surface area contributed by atoms with Gasteiger partial charge < -0.3 is 0 Å². The van der Waals surface area contributed by atoms with Gasteiger partial charge in [-0.2, -0.15) is 0 Å². The zero-order valence-electron chi connectivity index (χ0n) is 2.26. The molecule has 0 fully saturated rings. The fourth-order valence-corrected chi connectivity index (χ4v) is 0. The zero-order chi connectivity index (χ0) is 2.00. The van der Waals surface area contributed by atoms with Gasteiger partial charge in [0, 0.05) is 35.9 Å². The van der Waals surface area contributed by atoms with E-state index in [0.717, 1.165) is 0 Å². The van der Waals surface area contributed by atoms with Crippen LogP contribution in [0.5, 0.6) is 0 Å². The van der Waals surface area contributed by atoms with Crippen LogP contribution in [0, 0.1) is 0 Å². The SMILES string of the molecule is O=P.[Fe].[Li]. The van der Waals surface area contributed by atoms with E-state index >= 15 is 0 Å². The van der Waals surface area contributed by atoms with Crippen LogP contribution in [-0.2, 0) is 21.6 Å². The molecule has 0 heterocycles. The number of hydrogen-bond donors (Lipinski definition) is 0. The molecule has 1 radical (unpaired) electrons. The Kier molecular flexibility index (Phi) is 139. The second kappa shape index (κ2) is 29.5. The molecule has 0 saturated heterocycles. The second-order valence-corrected chi connectivity index (χ2v) is 0. The summed E-state index contributed by atoms with van der Waals surface area (Å²) >= 11 is 0. The summed E-state index contributed by atoms with van der Waals surface area (Å²) in [5.41, 5.74) is 0. The van der Waals surface area contributed by atoms with Crippen LogP contribution in [-0.4, -0.2) is 18.9 Å². The molecule has 0 aliphatic rings. The molecule has 0 amide bonds. The second-order valence-electron chi connectivity index (χ2n) is 0. The Morgan fingerprint density at radius 1 is 1.25 bits per heavy atom. The first-order valence-electron chi connectivity index (χ1n) is 0.204. The summed E-state index contributed by atoms with van der Waals surface area (Å²) in [6.07, 6.45) is 0. The van der Waals surface area contributed by atoms with Crippen molar-refractivity contribution in [1.82, 2.24) is 0 Å². The van der Waals surface area contributed by atoms with Crippen molar-refractivity contribution in [1.29, 1.82) is 0 Å². The Morgan fingerprint density at radius 2 is 1.25 bits per heavy atom.